The lowest BCUT2D eigenvalue weighted by Gasteiger charge is -2.18. The number of carbonyl (C=O) groups is 1. The second-order valence-electron chi connectivity index (χ2n) is 2.75. The molecule has 0 aliphatic carbocycles. The average molecular weight is 156 g/mol. The minimum Gasteiger partial charge on any atom is -0.458 e. The molecule has 11 heavy (non-hydrogen) atoms. The van der Waals surface area contributed by atoms with Gasteiger partial charge in [-0.1, -0.05) is 6.08 Å². The molecule has 62 valence electrons. The maximum Gasteiger partial charge on any atom is 0.310 e. The Morgan fingerprint density at radius 2 is 2.64 bits per heavy atom. The van der Waals surface area contributed by atoms with Crippen LogP contribution in [-0.4, -0.2) is 23.3 Å². The van der Waals surface area contributed by atoms with E-state index in [0.29, 0.717) is 12.8 Å². The van der Waals surface area contributed by atoms with E-state index in [1.54, 1.807) is 13.0 Å². The third-order valence-corrected chi connectivity index (χ3v) is 1.49. The van der Waals surface area contributed by atoms with Gasteiger partial charge < -0.3 is 9.84 Å². The summed E-state index contributed by atoms with van der Waals surface area (Å²) in [6, 6.07) is 0. The fourth-order valence-electron chi connectivity index (χ4n) is 1.04. The Bertz CT molecular complexity index is 172. The molecule has 1 N–H and O–H groups in total. The molecule has 0 fully saturated rings. The molecule has 1 aliphatic heterocycles. The molecule has 1 heterocycles. The Labute approximate surface area is 65.7 Å². The molecule has 3 heteroatoms. The predicted molar refractivity (Wildman–Crippen MR) is 39.9 cm³/mol. The third-order valence-electron chi connectivity index (χ3n) is 1.49. The van der Waals surface area contributed by atoms with Crippen LogP contribution in [0.4, 0.5) is 0 Å². The van der Waals surface area contributed by atoms with Crippen LogP contribution in [0, 0.1) is 0 Å². The molecule has 0 amide bonds. The zero-order chi connectivity index (χ0) is 8.27. The molecule has 1 rings (SSSR count). The molecular weight excluding hydrogens is 144 g/mol. The molecule has 0 bridgehead atoms. The van der Waals surface area contributed by atoms with E-state index in [9.17, 15) is 4.79 Å². The summed E-state index contributed by atoms with van der Waals surface area (Å²) in [6.07, 6.45) is 3.79. The SMILES string of the molecule is C[C@H](O)C[C@@H]1C=CCC(=O)O1. The van der Waals surface area contributed by atoms with Gasteiger partial charge in [-0.05, 0) is 13.0 Å². The van der Waals surface area contributed by atoms with Gasteiger partial charge in [0, 0.05) is 6.42 Å². The van der Waals surface area contributed by atoms with E-state index in [2.05, 4.69) is 0 Å². The van der Waals surface area contributed by atoms with E-state index in [1.165, 1.54) is 0 Å². The number of rotatable bonds is 2. The van der Waals surface area contributed by atoms with Crippen LogP contribution in [0.3, 0.4) is 0 Å². The van der Waals surface area contributed by atoms with Crippen molar-refractivity contribution in [2.24, 2.45) is 0 Å². The summed E-state index contributed by atoms with van der Waals surface area (Å²) < 4.78 is 4.91. The number of cyclic esters (lactones) is 1. The first-order valence-corrected chi connectivity index (χ1v) is 3.72. The lowest BCUT2D eigenvalue weighted by molar-refractivity contribution is -0.147. The Morgan fingerprint density at radius 1 is 1.91 bits per heavy atom. The first kappa shape index (κ1) is 8.27. The van der Waals surface area contributed by atoms with Crippen molar-refractivity contribution >= 4 is 5.97 Å². The number of aliphatic hydroxyl groups is 1. The van der Waals surface area contributed by atoms with Crippen LogP contribution in [0.15, 0.2) is 12.2 Å². The van der Waals surface area contributed by atoms with Crippen molar-refractivity contribution in [3.8, 4) is 0 Å². The van der Waals surface area contributed by atoms with E-state index < -0.39 is 6.10 Å². The molecule has 3 nitrogen and oxygen atoms in total. The van der Waals surface area contributed by atoms with Gasteiger partial charge in [0.1, 0.15) is 6.10 Å². The van der Waals surface area contributed by atoms with Crippen molar-refractivity contribution in [3.05, 3.63) is 12.2 Å². The van der Waals surface area contributed by atoms with E-state index >= 15 is 0 Å². The fourth-order valence-corrected chi connectivity index (χ4v) is 1.04. The van der Waals surface area contributed by atoms with Gasteiger partial charge in [-0.2, -0.15) is 0 Å². The lowest BCUT2D eigenvalue weighted by atomic mass is 10.1. The van der Waals surface area contributed by atoms with Gasteiger partial charge >= 0.3 is 5.97 Å². The van der Waals surface area contributed by atoms with Crippen LogP contribution >= 0.6 is 0 Å². The van der Waals surface area contributed by atoms with Crippen molar-refractivity contribution in [3.63, 3.8) is 0 Å². The topological polar surface area (TPSA) is 46.5 Å². The summed E-state index contributed by atoms with van der Waals surface area (Å²) in [4.78, 5) is 10.7. The molecule has 0 saturated heterocycles. The maximum atomic E-state index is 10.7. The standard InChI is InChI=1S/C8H12O3/c1-6(9)5-7-3-2-4-8(10)11-7/h2-3,6-7,9H,4-5H2,1H3/t6-,7-/m0/s1. The molecule has 2 atom stereocenters. The first-order valence-electron chi connectivity index (χ1n) is 3.72. The number of hydrogen-bond acceptors (Lipinski definition) is 3. The van der Waals surface area contributed by atoms with Crippen LogP contribution in [-0.2, 0) is 9.53 Å². The summed E-state index contributed by atoms with van der Waals surface area (Å²) >= 11 is 0. The second kappa shape index (κ2) is 3.53. The Balaban J connectivity index is 2.40. The van der Waals surface area contributed by atoms with E-state index in [1.807, 2.05) is 6.08 Å². The van der Waals surface area contributed by atoms with Crippen molar-refractivity contribution in [1.29, 1.82) is 0 Å². The normalized spacial score (nSPS) is 26.4. The molecule has 0 radical (unpaired) electrons. The lowest BCUT2D eigenvalue weighted by Crippen LogP contribution is -2.23. The van der Waals surface area contributed by atoms with Crippen LogP contribution in [0.25, 0.3) is 0 Å². The summed E-state index contributed by atoms with van der Waals surface area (Å²) in [5.41, 5.74) is 0. The van der Waals surface area contributed by atoms with Gasteiger partial charge in [0.2, 0.25) is 0 Å². The van der Waals surface area contributed by atoms with Crippen LogP contribution in [0.1, 0.15) is 19.8 Å². The van der Waals surface area contributed by atoms with Crippen LogP contribution < -0.4 is 0 Å². The van der Waals surface area contributed by atoms with Gasteiger partial charge in [0.15, 0.2) is 0 Å². The molecule has 0 spiro atoms. The zero-order valence-corrected chi connectivity index (χ0v) is 6.49. The highest BCUT2D eigenvalue weighted by molar-refractivity contribution is 5.72. The van der Waals surface area contributed by atoms with Gasteiger partial charge in [0.25, 0.3) is 0 Å². The minimum absolute atomic E-state index is 0.210. The molecule has 0 aromatic heterocycles. The number of carbonyl (C=O) groups excluding carboxylic acids is 1. The van der Waals surface area contributed by atoms with E-state index in [-0.39, 0.29) is 12.1 Å². The van der Waals surface area contributed by atoms with Crippen molar-refractivity contribution < 1.29 is 14.6 Å². The molecule has 0 aromatic rings. The largest absolute Gasteiger partial charge is 0.458 e. The average Bonchev–Trinajstić information content (AvgIpc) is 1.85. The Hall–Kier alpha value is -0.830. The monoisotopic (exact) mass is 156 g/mol. The predicted octanol–water partition coefficient (Wildman–Crippen LogP) is 0.629. The number of ether oxygens (including phenoxy) is 1. The maximum absolute atomic E-state index is 10.7. The Morgan fingerprint density at radius 3 is 3.18 bits per heavy atom. The number of aliphatic hydroxyl groups excluding tert-OH is 1. The summed E-state index contributed by atoms with van der Waals surface area (Å²) in [6.45, 7) is 1.68. The van der Waals surface area contributed by atoms with Crippen molar-refractivity contribution in [2.75, 3.05) is 0 Å². The number of esters is 1. The highest BCUT2D eigenvalue weighted by Gasteiger charge is 2.16. The molecule has 1 aliphatic rings. The highest BCUT2D eigenvalue weighted by atomic mass is 16.5. The fraction of sp³-hybridized carbons (Fsp3) is 0.625. The smallest absolute Gasteiger partial charge is 0.310 e. The number of hydrogen-bond donors (Lipinski definition) is 1. The van der Waals surface area contributed by atoms with E-state index in [0.717, 1.165) is 0 Å². The quantitative estimate of drug-likeness (QED) is 0.471. The summed E-state index contributed by atoms with van der Waals surface area (Å²) in [5.74, 6) is -0.210. The van der Waals surface area contributed by atoms with E-state index in [4.69, 9.17) is 9.84 Å². The van der Waals surface area contributed by atoms with Crippen LogP contribution in [0.5, 0.6) is 0 Å². The van der Waals surface area contributed by atoms with Gasteiger partial charge in [0.05, 0.1) is 12.5 Å². The van der Waals surface area contributed by atoms with Crippen LogP contribution in [0.2, 0.25) is 0 Å². The minimum atomic E-state index is -0.421. The summed E-state index contributed by atoms with van der Waals surface area (Å²) in [5, 5.41) is 8.97. The first-order chi connectivity index (χ1) is 5.18. The zero-order valence-electron chi connectivity index (χ0n) is 6.49. The van der Waals surface area contributed by atoms with Crippen molar-refractivity contribution in [1.82, 2.24) is 0 Å². The van der Waals surface area contributed by atoms with Gasteiger partial charge in [-0.15, -0.1) is 0 Å². The van der Waals surface area contributed by atoms with Gasteiger partial charge in [-0.3, -0.25) is 4.79 Å². The Kier molecular flexibility index (Phi) is 2.65. The van der Waals surface area contributed by atoms with Crippen molar-refractivity contribution in [2.45, 2.75) is 32.0 Å². The third kappa shape index (κ3) is 2.72. The summed E-state index contributed by atoms with van der Waals surface area (Å²) in [7, 11) is 0. The molecular formula is C8H12O3. The molecule has 0 aromatic carbocycles. The highest BCUT2D eigenvalue weighted by Crippen LogP contribution is 2.11. The second-order valence-corrected chi connectivity index (χ2v) is 2.75. The molecule has 0 unspecified atom stereocenters. The van der Waals surface area contributed by atoms with Gasteiger partial charge in [-0.25, -0.2) is 0 Å². The molecule has 0 saturated carbocycles.